The Morgan fingerprint density at radius 1 is 0.821 bits per heavy atom. The van der Waals surface area contributed by atoms with Crippen LogP contribution in [0.4, 0.5) is 5.69 Å². The average molecular weight is 383 g/mol. The Labute approximate surface area is 162 Å². The van der Waals surface area contributed by atoms with E-state index in [0.29, 0.717) is 22.4 Å². The molecule has 0 radical (unpaired) electrons. The van der Waals surface area contributed by atoms with Crippen LogP contribution in [0, 0.1) is 6.92 Å². The maximum atomic E-state index is 9.96. The Morgan fingerprint density at radius 2 is 1.39 bits per heavy atom. The van der Waals surface area contributed by atoms with Crippen molar-refractivity contribution in [3.05, 3.63) is 53.3 Å². The molecule has 4 N–H and O–H groups in total. The van der Waals surface area contributed by atoms with Crippen LogP contribution in [-0.2, 0) is 11.2 Å². The third kappa shape index (κ3) is 3.72. The Kier molecular flexibility index (Phi) is 4.91. The maximum Gasteiger partial charge on any atom is 0.169 e. The van der Waals surface area contributed by atoms with Crippen LogP contribution in [0.3, 0.4) is 0 Å². The molecule has 2 aromatic carbocycles. The summed E-state index contributed by atoms with van der Waals surface area (Å²) in [5.41, 5.74) is 7.92. The zero-order chi connectivity index (χ0) is 20.7. The summed E-state index contributed by atoms with van der Waals surface area (Å²) >= 11 is 0. The number of rotatable bonds is 2. The second-order valence-electron chi connectivity index (χ2n) is 7.82. The van der Waals surface area contributed by atoms with Crippen molar-refractivity contribution >= 4 is 27.6 Å². The van der Waals surface area contributed by atoms with Gasteiger partial charge >= 0.3 is 0 Å². The first-order chi connectivity index (χ1) is 13.0. The number of aryl methyl sites for hydroxylation is 1. The number of aromatic nitrogens is 2. The van der Waals surface area contributed by atoms with Crippen LogP contribution < -0.4 is 5.73 Å². The highest BCUT2D eigenvalue weighted by Crippen LogP contribution is 2.31. The van der Waals surface area contributed by atoms with E-state index in [2.05, 4.69) is 10.3 Å². The number of aliphatic hydroxyl groups is 2. The molecule has 4 aromatic rings. The van der Waals surface area contributed by atoms with Gasteiger partial charge in [0.2, 0.25) is 0 Å². The van der Waals surface area contributed by atoms with E-state index in [4.69, 9.17) is 14.8 Å². The van der Waals surface area contributed by atoms with E-state index in [1.54, 1.807) is 45.9 Å². The zero-order valence-corrected chi connectivity index (χ0v) is 16.6. The van der Waals surface area contributed by atoms with Gasteiger partial charge in [0.1, 0.15) is 11.3 Å². The van der Waals surface area contributed by atoms with Gasteiger partial charge in [0.05, 0.1) is 22.1 Å². The van der Waals surface area contributed by atoms with E-state index >= 15 is 0 Å². The van der Waals surface area contributed by atoms with Gasteiger partial charge in [-0.3, -0.25) is 0 Å². The van der Waals surface area contributed by atoms with Crippen molar-refractivity contribution in [3.63, 3.8) is 0 Å². The molecule has 7 heteroatoms. The van der Waals surface area contributed by atoms with Crippen molar-refractivity contribution < 1.29 is 19.3 Å². The quantitative estimate of drug-likeness (QED) is 0.448. The number of anilines is 1. The average Bonchev–Trinajstić information content (AvgIpc) is 3.19. The van der Waals surface area contributed by atoms with Gasteiger partial charge in [0.25, 0.3) is 0 Å². The Hall–Kier alpha value is -2.90. The molecule has 2 aromatic heterocycles. The molecule has 0 saturated carbocycles. The Morgan fingerprint density at radius 3 is 2.00 bits per heavy atom. The van der Waals surface area contributed by atoms with E-state index in [-0.39, 0.29) is 0 Å². The molecule has 2 heterocycles. The lowest BCUT2D eigenvalue weighted by Gasteiger charge is -2.18. The molecule has 0 amide bonds. The fraction of sp³-hybridized carbons (Fsp3) is 0.333. The van der Waals surface area contributed by atoms with Gasteiger partial charge in [0.15, 0.2) is 11.2 Å². The number of nitrogens with two attached hydrogens (primary N) is 1. The van der Waals surface area contributed by atoms with Crippen LogP contribution in [0.15, 0.2) is 45.4 Å². The molecule has 0 aliphatic rings. The second kappa shape index (κ2) is 6.92. The standard InChI is InChI=1S/C11H13NO2.C10H12N2O2/c1-7-10-8(11(2,3)13)5-4-6-9(10)14-12-7;1-10(2,13)9-8-6(11)4-3-5-7(8)14-12-9/h4-6,13H,1-3H3;3-5,13H,11H2,1-2H3. The van der Waals surface area contributed by atoms with Crippen LogP contribution in [-0.4, -0.2) is 20.5 Å². The summed E-state index contributed by atoms with van der Waals surface area (Å²) in [4.78, 5) is 0. The normalized spacial score (nSPS) is 12.2. The van der Waals surface area contributed by atoms with Gasteiger partial charge in [-0.15, -0.1) is 0 Å². The number of fused-ring (bicyclic) bond motifs is 2. The van der Waals surface area contributed by atoms with E-state index in [0.717, 1.165) is 22.2 Å². The number of nitrogen functional groups attached to an aromatic ring is 1. The van der Waals surface area contributed by atoms with Gasteiger partial charge in [0, 0.05) is 5.69 Å². The van der Waals surface area contributed by atoms with Crippen LogP contribution >= 0.6 is 0 Å². The largest absolute Gasteiger partial charge is 0.398 e. The molecule has 0 fully saturated rings. The fourth-order valence-corrected chi connectivity index (χ4v) is 3.09. The van der Waals surface area contributed by atoms with Crippen molar-refractivity contribution in [2.45, 2.75) is 45.8 Å². The van der Waals surface area contributed by atoms with Crippen molar-refractivity contribution in [1.29, 1.82) is 0 Å². The summed E-state index contributed by atoms with van der Waals surface area (Å²) in [5, 5.41) is 29.1. The lowest BCUT2D eigenvalue weighted by atomic mass is 9.94. The molecule has 4 rings (SSSR count). The minimum absolute atomic E-state index is 0.477. The van der Waals surface area contributed by atoms with Gasteiger partial charge in [-0.2, -0.15) is 0 Å². The molecule has 0 aliphatic heterocycles. The molecule has 0 aliphatic carbocycles. The van der Waals surface area contributed by atoms with Crippen LogP contribution in [0.5, 0.6) is 0 Å². The summed E-state index contributed by atoms with van der Waals surface area (Å²) in [6, 6.07) is 10.9. The lowest BCUT2D eigenvalue weighted by molar-refractivity contribution is 0.0716. The molecule has 0 bridgehead atoms. The summed E-state index contributed by atoms with van der Waals surface area (Å²) in [7, 11) is 0. The van der Waals surface area contributed by atoms with Gasteiger partial charge in [-0.25, -0.2) is 0 Å². The maximum absolute atomic E-state index is 9.96. The second-order valence-corrected chi connectivity index (χ2v) is 7.82. The molecule has 0 spiro atoms. The van der Waals surface area contributed by atoms with Crippen molar-refractivity contribution in [3.8, 4) is 0 Å². The number of benzene rings is 2. The van der Waals surface area contributed by atoms with Gasteiger partial charge in [-0.1, -0.05) is 28.5 Å². The summed E-state index contributed by atoms with van der Waals surface area (Å²) < 4.78 is 10.2. The summed E-state index contributed by atoms with van der Waals surface area (Å²) in [6.45, 7) is 8.69. The van der Waals surface area contributed by atoms with Crippen LogP contribution in [0.2, 0.25) is 0 Å². The van der Waals surface area contributed by atoms with Crippen molar-refractivity contribution in [1.82, 2.24) is 10.3 Å². The van der Waals surface area contributed by atoms with E-state index in [9.17, 15) is 10.2 Å². The predicted octanol–water partition coefficient (Wildman–Crippen LogP) is 4.00. The number of hydrogen-bond acceptors (Lipinski definition) is 7. The highest BCUT2D eigenvalue weighted by atomic mass is 16.5. The molecule has 0 saturated heterocycles. The Balaban J connectivity index is 0.000000161. The van der Waals surface area contributed by atoms with E-state index < -0.39 is 11.2 Å². The molecule has 148 valence electrons. The van der Waals surface area contributed by atoms with Gasteiger partial charge < -0.3 is 25.0 Å². The first-order valence-corrected chi connectivity index (χ1v) is 8.94. The molecule has 0 unspecified atom stereocenters. The topological polar surface area (TPSA) is 119 Å². The van der Waals surface area contributed by atoms with Crippen molar-refractivity contribution in [2.75, 3.05) is 5.73 Å². The van der Waals surface area contributed by atoms with Crippen molar-refractivity contribution in [2.24, 2.45) is 0 Å². The highest BCUT2D eigenvalue weighted by Gasteiger charge is 2.25. The lowest BCUT2D eigenvalue weighted by Crippen LogP contribution is -2.16. The minimum Gasteiger partial charge on any atom is -0.398 e. The van der Waals surface area contributed by atoms with Gasteiger partial charge in [-0.05, 0) is 58.4 Å². The minimum atomic E-state index is -1.04. The van der Waals surface area contributed by atoms with Crippen LogP contribution in [0.25, 0.3) is 21.9 Å². The summed E-state index contributed by atoms with van der Waals surface area (Å²) in [6.07, 6.45) is 0. The smallest absolute Gasteiger partial charge is 0.169 e. The predicted molar refractivity (Wildman–Crippen MR) is 108 cm³/mol. The van der Waals surface area contributed by atoms with Crippen LogP contribution in [0.1, 0.15) is 44.6 Å². The number of nitrogens with zero attached hydrogens (tertiary/aromatic N) is 2. The molecule has 28 heavy (non-hydrogen) atoms. The van der Waals surface area contributed by atoms with E-state index in [1.807, 2.05) is 25.1 Å². The fourth-order valence-electron chi connectivity index (χ4n) is 3.09. The molecular formula is C21H25N3O4. The SMILES string of the molecule is CC(C)(O)c1noc2cccc(N)c12.Cc1noc2cccc(C(C)(C)O)c12. The van der Waals surface area contributed by atoms with E-state index in [1.165, 1.54) is 0 Å². The Bertz CT molecular complexity index is 1110. The monoisotopic (exact) mass is 383 g/mol. The molecule has 0 atom stereocenters. The first-order valence-electron chi connectivity index (χ1n) is 8.94. The molecular weight excluding hydrogens is 358 g/mol. The third-order valence-corrected chi connectivity index (χ3v) is 4.44. The number of hydrogen-bond donors (Lipinski definition) is 3. The molecule has 7 nitrogen and oxygen atoms in total. The third-order valence-electron chi connectivity index (χ3n) is 4.44. The first kappa shape index (κ1) is 19.9. The summed E-state index contributed by atoms with van der Waals surface area (Å²) in [5.74, 6) is 0. The zero-order valence-electron chi connectivity index (χ0n) is 16.6. The highest BCUT2D eigenvalue weighted by molar-refractivity contribution is 5.91.